The summed E-state index contributed by atoms with van der Waals surface area (Å²) in [6.07, 6.45) is 1.84. The summed E-state index contributed by atoms with van der Waals surface area (Å²) in [5, 5.41) is 11.3. The maximum atomic E-state index is 12.8. The van der Waals surface area contributed by atoms with Crippen molar-refractivity contribution in [1.29, 1.82) is 0 Å². The summed E-state index contributed by atoms with van der Waals surface area (Å²) in [6.45, 7) is 1.37. The van der Waals surface area contributed by atoms with Crippen molar-refractivity contribution in [3.05, 3.63) is 42.5 Å². The molecule has 0 saturated carbocycles. The molecule has 0 unspecified atom stereocenters. The number of thioether (sulfide) groups is 1. The first-order valence-corrected chi connectivity index (χ1v) is 11.8. The third-order valence-corrected chi connectivity index (χ3v) is 6.92. The Hall–Kier alpha value is -2.63. The van der Waals surface area contributed by atoms with Crippen molar-refractivity contribution >= 4 is 49.8 Å². The molecule has 0 aliphatic heterocycles. The van der Waals surface area contributed by atoms with Crippen LogP contribution in [0.4, 0.5) is 10.8 Å². The minimum atomic E-state index is -3.90. The normalized spacial score (nSPS) is 11.1. The zero-order valence-electron chi connectivity index (χ0n) is 15.8. The van der Waals surface area contributed by atoms with E-state index in [2.05, 4.69) is 20.2 Å². The number of amides is 1. The van der Waals surface area contributed by atoms with Crippen LogP contribution in [0.15, 0.2) is 52.3 Å². The van der Waals surface area contributed by atoms with E-state index in [1.165, 1.54) is 30.8 Å². The molecule has 0 radical (unpaired) electrons. The van der Waals surface area contributed by atoms with Crippen molar-refractivity contribution < 1.29 is 17.9 Å². The summed E-state index contributed by atoms with van der Waals surface area (Å²) < 4.78 is 33.1. The Morgan fingerprint density at radius 2 is 1.86 bits per heavy atom. The van der Waals surface area contributed by atoms with Gasteiger partial charge in [0.15, 0.2) is 0 Å². The van der Waals surface area contributed by atoms with Gasteiger partial charge >= 0.3 is 0 Å². The van der Waals surface area contributed by atoms with Crippen molar-refractivity contribution in [2.24, 2.45) is 0 Å². The van der Waals surface area contributed by atoms with Crippen LogP contribution >= 0.6 is 23.1 Å². The van der Waals surface area contributed by atoms with E-state index in [1.807, 2.05) is 18.4 Å². The Balaban J connectivity index is 1.84. The van der Waals surface area contributed by atoms with Gasteiger partial charge in [-0.05, 0) is 48.7 Å². The molecule has 2 N–H and O–H groups in total. The number of hydrogen-bond acceptors (Lipinski definition) is 8. The number of nitrogens with one attached hydrogen (secondary N) is 2. The van der Waals surface area contributed by atoms with Crippen LogP contribution in [-0.4, -0.2) is 37.9 Å². The van der Waals surface area contributed by atoms with E-state index in [-0.39, 0.29) is 15.9 Å². The van der Waals surface area contributed by atoms with Gasteiger partial charge in [-0.3, -0.25) is 9.52 Å². The highest BCUT2D eigenvalue weighted by molar-refractivity contribution is 7.98. The van der Waals surface area contributed by atoms with E-state index in [1.54, 1.807) is 25.3 Å². The first kappa shape index (κ1) is 21.1. The first-order chi connectivity index (χ1) is 13.8. The van der Waals surface area contributed by atoms with Gasteiger partial charge < -0.3 is 10.1 Å². The molecule has 152 valence electrons. The SMILES string of the molecule is COc1ccc(-c2nnc(NS(=O)(=O)c3ccc(SC)c(NC(C)=O)c3)s2)cc1. The smallest absolute Gasteiger partial charge is 0.263 e. The molecule has 1 heterocycles. The van der Waals surface area contributed by atoms with Crippen LogP contribution in [-0.2, 0) is 14.8 Å². The van der Waals surface area contributed by atoms with Crippen LogP contribution in [0.3, 0.4) is 0 Å². The number of benzene rings is 2. The molecule has 11 heteroatoms. The Morgan fingerprint density at radius 1 is 1.14 bits per heavy atom. The highest BCUT2D eigenvalue weighted by Gasteiger charge is 2.19. The second-order valence-electron chi connectivity index (χ2n) is 5.79. The largest absolute Gasteiger partial charge is 0.497 e. The van der Waals surface area contributed by atoms with Crippen molar-refractivity contribution in [3.63, 3.8) is 0 Å². The second-order valence-corrected chi connectivity index (χ2v) is 9.30. The molecule has 0 atom stereocenters. The summed E-state index contributed by atoms with van der Waals surface area (Å²) in [7, 11) is -2.32. The monoisotopic (exact) mass is 450 g/mol. The van der Waals surface area contributed by atoms with Crippen molar-refractivity contribution in [1.82, 2.24) is 10.2 Å². The summed E-state index contributed by atoms with van der Waals surface area (Å²) in [6, 6.07) is 11.8. The molecule has 3 aromatic rings. The predicted octanol–water partition coefficient (Wildman–Crippen LogP) is 3.69. The lowest BCUT2D eigenvalue weighted by atomic mass is 10.2. The third kappa shape index (κ3) is 5.05. The molecule has 2 aromatic carbocycles. The number of aromatic nitrogens is 2. The third-order valence-electron chi connectivity index (χ3n) is 3.78. The van der Waals surface area contributed by atoms with Gasteiger partial charge in [-0.25, -0.2) is 8.42 Å². The molecule has 0 aliphatic carbocycles. The summed E-state index contributed by atoms with van der Waals surface area (Å²) >= 11 is 2.52. The van der Waals surface area contributed by atoms with Crippen molar-refractivity contribution in [2.45, 2.75) is 16.7 Å². The van der Waals surface area contributed by atoms with Gasteiger partial charge in [0.05, 0.1) is 17.7 Å². The molecule has 0 aliphatic rings. The molecule has 0 spiro atoms. The summed E-state index contributed by atoms with van der Waals surface area (Å²) in [4.78, 5) is 12.2. The highest BCUT2D eigenvalue weighted by Crippen LogP contribution is 2.31. The molecule has 3 rings (SSSR count). The van der Waals surface area contributed by atoms with Crippen LogP contribution < -0.4 is 14.8 Å². The molecular formula is C18H18N4O4S3. The molecule has 1 amide bonds. The van der Waals surface area contributed by atoms with Crippen LogP contribution in [0.5, 0.6) is 5.75 Å². The number of anilines is 2. The van der Waals surface area contributed by atoms with E-state index in [4.69, 9.17) is 4.74 Å². The molecule has 0 bridgehead atoms. The minimum Gasteiger partial charge on any atom is -0.497 e. The van der Waals surface area contributed by atoms with Crippen molar-refractivity contribution in [2.75, 3.05) is 23.4 Å². The Morgan fingerprint density at radius 3 is 2.48 bits per heavy atom. The van der Waals surface area contributed by atoms with Crippen LogP contribution in [0.1, 0.15) is 6.92 Å². The summed E-state index contributed by atoms with van der Waals surface area (Å²) in [5.41, 5.74) is 1.23. The van der Waals surface area contributed by atoms with Gasteiger partial charge in [0.25, 0.3) is 10.0 Å². The lowest BCUT2D eigenvalue weighted by molar-refractivity contribution is -0.114. The quantitative estimate of drug-likeness (QED) is 0.528. The number of nitrogens with zero attached hydrogens (tertiary/aromatic N) is 2. The fourth-order valence-electron chi connectivity index (χ4n) is 2.43. The van der Waals surface area contributed by atoms with Crippen LogP contribution in [0.2, 0.25) is 0 Å². The van der Waals surface area contributed by atoms with Gasteiger partial charge in [0, 0.05) is 17.4 Å². The number of sulfonamides is 1. The average Bonchev–Trinajstić information content (AvgIpc) is 3.15. The van der Waals surface area contributed by atoms with E-state index in [9.17, 15) is 13.2 Å². The van der Waals surface area contributed by atoms with Crippen molar-refractivity contribution in [3.8, 4) is 16.3 Å². The lowest BCUT2D eigenvalue weighted by Crippen LogP contribution is -2.14. The molecule has 8 nitrogen and oxygen atoms in total. The molecule has 0 fully saturated rings. The number of ether oxygens (including phenoxy) is 1. The lowest BCUT2D eigenvalue weighted by Gasteiger charge is -2.11. The van der Waals surface area contributed by atoms with Gasteiger partial charge in [-0.1, -0.05) is 11.3 Å². The van der Waals surface area contributed by atoms with Gasteiger partial charge in [0.1, 0.15) is 10.8 Å². The molecule has 0 saturated heterocycles. The van der Waals surface area contributed by atoms with E-state index in [0.717, 1.165) is 21.8 Å². The maximum absolute atomic E-state index is 12.8. The fraction of sp³-hybridized carbons (Fsp3) is 0.167. The van der Waals surface area contributed by atoms with E-state index >= 15 is 0 Å². The van der Waals surface area contributed by atoms with E-state index < -0.39 is 10.0 Å². The molecule has 29 heavy (non-hydrogen) atoms. The number of rotatable bonds is 7. The van der Waals surface area contributed by atoms with Gasteiger partial charge in [0.2, 0.25) is 11.0 Å². The summed E-state index contributed by atoms with van der Waals surface area (Å²) in [5.74, 6) is 0.430. The zero-order chi connectivity index (χ0) is 21.0. The molecule has 1 aromatic heterocycles. The Kier molecular flexibility index (Phi) is 6.40. The number of carbonyl (C=O) groups excluding carboxylic acids is 1. The van der Waals surface area contributed by atoms with Gasteiger partial charge in [-0.15, -0.1) is 22.0 Å². The average molecular weight is 451 g/mol. The number of carbonyl (C=O) groups is 1. The topological polar surface area (TPSA) is 110 Å². The Labute approximate surface area is 176 Å². The van der Waals surface area contributed by atoms with E-state index in [0.29, 0.717) is 16.4 Å². The second kappa shape index (κ2) is 8.80. The fourth-order valence-corrected chi connectivity index (χ4v) is 4.97. The number of methoxy groups -OCH3 is 1. The Bertz CT molecular complexity index is 1130. The molecular weight excluding hydrogens is 432 g/mol. The minimum absolute atomic E-state index is 0.0141. The maximum Gasteiger partial charge on any atom is 0.263 e. The standard InChI is InChI=1S/C18H18N4O4S3/c1-11(23)19-15-10-14(8-9-16(15)27-3)29(24,25)22-18-21-20-17(28-18)12-4-6-13(26-2)7-5-12/h4-10H,1-3H3,(H,19,23)(H,21,22). The van der Waals surface area contributed by atoms with Gasteiger partial charge in [-0.2, -0.15) is 0 Å². The van der Waals surface area contributed by atoms with Crippen LogP contribution in [0, 0.1) is 0 Å². The highest BCUT2D eigenvalue weighted by atomic mass is 32.2. The number of hydrogen-bond donors (Lipinski definition) is 2. The van der Waals surface area contributed by atoms with Crippen LogP contribution in [0.25, 0.3) is 10.6 Å². The first-order valence-electron chi connectivity index (χ1n) is 8.29. The zero-order valence-corrected chi connectivity index (χ0v) is 18.2. The predicted molar refractivity (Wildman–Crippen MR) is 115 cm³/mol.